The highest BCUT2D eigenvalue weighted by Crippen LogP contribution is 2.33. The van der Waals surface area contributed by atoms with Gasteiger partial charge in [-0.2, -0.15) is 4.31 Å². The normalized spacial score (nSPS) is 21.0. The second kappa shape index (κ2) is 10.4. The van der Waals surface area contributed by atoms with Crippen molar-refractivity contribution in [3.05, 3.63) is 65.7 Å². The fourth-order valence-corrected chi connectivity index (χ4v) is 5.51. The monoisotopic (exact) mass is 460 g/mol. The number of sulfonamides is 1. The highest BCUT2D eigenvalue weighted by atomic mass is 32.2. The predicted octanol–water partition coefficient (Wildman–Crippen LogP) is 4.04. The lowest BCUT2D eigenvalue weighted by Gasteiger charge is -2.33. The van der Waals surface area contributed by atoms with E-state index in [1.165, 1.54) is 10.6 Å². The lowest BCUT2D eigenvalue weighted by atomic mass is 10.1. The van der Waals surface area contributed by atoms with Gasteiger partial charge in [0.2, 0.25) is 10.0 Å². The molecule has 32 heavy (non-hydrogen) atoms. The van der Waals surface area contributed by atoms with Gasteiger partial charge in [0.05, 0.1) is 19.4 Å². The van der Waals surface area contributed by atoms with Gasteiger partial charge in [0.15, 0.2) is 0 Å². The van der Waals surface area contributed by atoms with Gasteiger partial charge in [-0.25, -0.2) is 13.2 Å². The molecule has 1 aliphatic heterocycles. The minimum Gasteiger partial charge on any atom is -0.497 e. The van der Waals surface area contributed by atoms with E-state index in [2.05, 4.69) is 0 Å². The van der Waals surface area contributed by atoms with Crippen LogP contribution in [0.1, 0.15) is 37.8 Å². The molecule has 3 rings (SSSR count). The van der Waals surface area contributed by atoms with Crippen LogP contribution in [0, 0.1) is 0 Å². The molecule has 2 aromatic rings. The topological polar surface area (TPSA) is 76.2 Å². The van der Waals surface area contributed by atoms with E-state index < -0.39 is 16.1 Å². The number of ether oxygens (including phenoxy) is 2. The van der Waals surface area contributed by atoms with E-state index in [-0.39, 0.29) is 31.3 Å². The van der Waals surface area contributed by atoms with Crippen LogP contribution < -0.4 is 4.74 Å². The molecule has 1 saturated heterocycles. The number of hydrogen-bond acceptors (Lipinski definition) is 5. The SMILES string of the molecule is CC[C@H]1[C@@H](N(Cc2ccc(OC)cc2)S(C)(=O)=O)C[C@@H](C)N1C(=O)OCc1ccccc1. The number of carbonyl (C=O) groups excluding carboxylic acids is 1. The summed E-state index contributed by atoms with van der Waals surface area (Å²) < 4.78 is 37.8. The zero-order valence-electron chi connectivity index (χ0n) is 19.1. The average Bonchev–Trinajstić information content (AvgIpc) is 3.11. The third-order valence-electron chi connectivity index (χ3n) is 5.99. The Morgan fingerprint density at radius 2 is 1.75 bits per heavy atom. The first kappa shape index (κ1) is 24.1. The van der Waals surface area contributed by atoms with E-state index in [0.29, 0.717) is 18.6 Å². The van der Waals surface area contributed by atoms with Gasteiger partial charge in [-0.15, -0.1) is 0 Å². The van der Waals surface area contributed by atoms with E-state index in [0.717, 1.165) is 11.1 Å². The summed E-state index contributed by atoms with van der Waals surface area (Å²) in [5, 5.41) is 0. The van der Waals surface area contributed by atoms with Gasteiger partial charge in [-0.1, -0.05) is 49.4 Å². The first-order valence-corrected chi connectivity index (χ1v) is 12.7. The van der Waals surface area contributed by atoms with Crippen molar-refractivity contribution in [2.75, 3.05) is 13.4 Å². The van der Waals surface area contributed by atoms with E-state index in [1.807, 2.05) is 68.4 Å². The van der Waals surface area contributed by atoms with Crippen LogP contribution in [0.2, 0.25) is 0 Å². The van der Waals surface area contributed by atoms with Crippen LogP contribution in [0.5, 0.6) is 5.75 Å². The molecule has 0 saturated carbocycles. The van der Waals surface area contributed by atoms with Gasteiger partial charge in [-0.3, -0.25) is 0 Å². The smallest absolute Gasteiger partial charge is 0.410 e. The molecule has 1 heterocycles. The molecule has 1 amide bonds. The molecule has 3 atom stereocenters. The van der Waals surface area contributed by atoms with Crippen LogP contribution in [0.15, 0.2) is 54.6 Å². The molecule has 1 aliphatic rings. The molecule has 8 heteroatoms. The second-order valence-electron chi connectivity index (χ2n) is 8.23. The van der Waals surface area contributed by atoms with Crippen molar-refractivity contribution in [2.24, 2.45) is 0 Å². The molecule has 2 aromatic carbocycles. The molecular weight excluding hydrogens is 428 g/mol. The number of rotatable bonds is 8. The lowest BCUT2D eigenvalue weighted by Crippen LogP contribution is -2.49. The zero-order valence-corrected chi connectivity index (χ0v) is 19.9. The van der Waals surface area contributed by atoms with Crippen LogP contribution in [0.4, 0.5) is 4.79 Å². The molecule has 0 aliphatic carbocycles. The summed E-state index contributed by atoms with van der Waals surface area (Å²) in [7, 11) is -1.92. The number of benzene rings is 2. The van der Waals surface area contributed by atoms with E-state index in [4.69, 9.17) is 9.47 Å². The minimum absolute atomic E-state index is 0.131. The maximum atomic E-state index is 13.0. The van der Waals surface area contributed by atoms with Crippen LogP contribution in [-0.4, -0.2) is 55.2 Å². The summed E-state index contributed by atoms with van der Waals surface area (Å²) in [5.74, 6) is 0.716. The van der Waals surface area contributed by atoms with Crippen LogP contribution in [0.3, 0.4) is 0 Å². The van der Waals surface area contributed by atoms with Gasteiger partial charge in [0.1, 0.15) is 12.4 Å². The number of carbonyl (C=O) groups is 1. The van der Waals surface area contributed by atoms with Gasteiger partial charge >= 0.3 is 6.09 Å². The number of nitrogens with zero attached hydrogens (tertiary/aromatic N) is 2. The molecule has 0 aromatic heterocycles. The number of hydrogen-bond donors (Lipinski definition) is 0. The molecule has 1 fully saturated rings. The summed E-state index contributed by atoms with van der Waals surface area (Å²) in [5.41, 5.74) is 1.78. The van der Waals surface area contributed by atoms with Gasteiger partial charge in [-0.05, 0) is 43.0 Å². The molecular formula is C24H32N2O5S. The number of likely N-dealkylation sites (tertiary alicyclic amines) is 1. The van der Waals surface area contributed by atoms with Crippen molar-refractivity contribution < 1.29 is 22.7 Å². The number of methoxy groups -OCH3 is 1. The Bertz CT molecular complexity index is 995. The largest absolute Gasteiger partial charge is 0.497 e. The molecule has 7 nitrogen and oxygen atoms in total. The Kier molecular flexibility index (Phi) is 7.79. The fourth-order valence-electron chi connectivity index (χ4n) is 4.41. The Morgan fingerprint density at radius 1 is 1.09 bits per heavy atom. The first-order chi connectivity index (χ1) is 15.2. The van der Waals surface area contributed by atoms with E-state index in [9.17, 15) is 13.2 Å². The van der Waals surface area contributed by atoms with Gasteiger partial charge in [0, 0.05) is 18.6 Å². The van der Waals surface area contributed by atoms with E-state index in [1.54, 1.807) is 12.0 Å². The van der Waals surface area contributed by atoms with Crippen molar-refractivity contribution in [3.63, 3.8) is 0 Å². The van der Waals surface area contributed by atoms with Gasteiger partial charge in [0.25, 0.3) is 0 Å². The fraction of sp³-hybridized carbons (Fsp3) is 0.458. The quantitative estimate of drug-likeness (QED) is 0.594. The van der Waals surface area contributed by atoms with Crippen molar-refractivity contribution in [1.29, 1.82) is 0 Å². The first-order valence-electron chi connectivity index (χ1n) is 10.8. The second-order valence-corrected chi connectivity index (χ2v) is 10.2. The third-order valence-corrected chi connectivity index (χ3v) is 7.24. The molecule has 0 spiro atoms. The summed E-state index contributed by atoms with van der Waals surface area (Å²) in [4.78, 5) is 14.7. The van der Waals surface area contributed by atoms with Crippen LogP contribution >= 0.6 is 0 Å². The van der Waals surface area contributed by atoms with Crippen molar-refractivity contribution >= 4 is 16.1 Å². The Labute approximate surface area is 191 Å². The highest BCUT2D eigenvalue weighted by molar-refractivity contribution is 7.88. The zero-order chi connectivity index (χ0) is 23.3. The van der Waals surface area contributed by atoms with Gasteiger partial charge < -0.3 is 14.4 Å². The summed E-state index contributed by atoms with van der Waals surface area (Å²) in [6, 6.07) is 16.2. The molecule has 174 valence electrons. The number of amides is 1. The lowest BCUT2D eigenvalue weighted by molar-refractivity contribution is 0.0751. The Morgan fingerprint density at radius 3 is 2.31 bits per heavy atom. The maximum absolute atomic E-state index is 13.0. The minimum atomic E-state index is -3.51. The Balaban J connectivity index is 1.78. The third kappa shape index (κ3) is 5.61. The standard InChI is InChI=1S/C24H32N2O5S/c1-5-22-23(25(32(4,28)29)16-19-11-13-21(30-3)14-12-19)15-18(2)26(22)24(27)31-17-20-9-7-6-8-10-20/h6-14,18,22-23H,5,15-17H2,1-4H3/t18-,22+,23+/m1/s1. The summed E-state index contributed by atoms with van der Waals surface area (Å²) in [6.07, 6.45) is 2.00. The van der Waals surface area contributed by atoms with Crippen molar-refractivity contribution in [3.8, 4) is 5.75 Å². The van der Waals surface area contributed by atoms with Crippen molar-refractivity contribution in [1.82, 2.24) is 9.21 Å². The molecule has 0 unspecified atom stereocenters. The van der Waals surface area contributed by atoms with E-state index >= 15 is 0 Å². The Hall–Kier alpha value is -2.58. The maximum Gasteiger partial charge on any atom is 0.410 e. The highest BCUT2D eigenvalue weighted by Gasteiger charge is 2.46. The predicted molar refractivity (Wildman–Crippen MR) is 124 cm³/mol. The molecule has 0 N–H and O–H groups in total. The molecule has 0 bridgehead atoms. The average molecular weight is 461 g/mol. The van der Waals surface area contributed by atoms with Crippen molar-refractivity contribution in [2.45, 2.75) is 58.0 Å². The molecule has 0 radical (unpaired) electrons. The van der Waals surface area contributed by atoms with Crippen LogP contribution in [0.25, 0.3) is 0 Å². The van der Waals surface area contributed by atoms with Crippen LogP contribution in [-0.2, 0) is 27.9 Å². The summed E-state index contributed by atoms with van der Waals surface area (Å²) >= 11 is 0. The summed E-state index contributed by atoms with van der Waals surface area (Å²) in [6.45, 7) is 4.34.